The van der Waals surface area contributed by atoms with E-state index in [0.29, 0.717) is 11.8 Å². The van der Waals surface area contributed by atoms with E-state index in [2.05, 4.69) is 97.2 Å². The third kappa shape index (κ3) is 7.10. The van der Waals surface area contributed by atoms with Crippen LogP contribution in [0.1, 0.15) is 70.0 Å². The molecule has 3 N–H and O–H groups in total. The fourth-order valence-electron chi connectivity index (χ4n) is 6.38. The highest BCUT2D eigenvalue weighted by atomic mass is 16.5. The second-order valence-electron chi connectivity index (χ2n) is 12.3. The molecule has 1 aliphatic heterocycles. The Morgan fingerprint density at radius 3 is 2.55 bits per heavy atom. The molecule has 5 rings (SSSR count). The van der Waals surface area contributed by atoms with Crippen molar-refractivity contribution < 1.29 is 4.74 Å². The maximum atomic E-state index is 7.59. The molecule has 0 amide bonds. The van der Waals surface area contributed by atoms with Gasteiger partial charge in [-0.05, 0) is 115 Å². The summed E-state index contributed by atoms with van der Waals surface area (Å²) in [5.41, 5.74) is 13.2. The van der Waals surface area contributed by atoms with E-state index in [4.69, 9.17) is 10.1 Å². The normalized spacial score (nSPS) is 19.0. The van der Waals surface area contributed by atoms with Gasteiger partial charge in [0, 0.05) is 42.0 Å². The number of methoxy groups -OCH3 is 1. The van der Waals surface area contributed by atoms with Crippen molar-refractivity contribution in [1.29, 1.82) is 5.41 Å². The minimum Gasteiger partial charge on any atom is -0.482 e. The molecule has 0 aromatic heterocycles. The number of fused-ring (bicyclic) bond motifs is 1. The minimum absolute atomic E-state index is 0.241. The average molecular weight is 589 g/mol. The molecule has 0 saturated heterocycles. The molecule has 1 heterocycles. The van der Waals surface area contributed by atoms with Crippen molar-refractivity contribution in [2.45, 2.75) is 65.3 Å². The first-order valence-corrected chi connectivity index (χ1v) is 16.0. The quantitative estimate of drug-likeness (QED) is 0.124. The standard InChI is InChI=1S/C39H48N4O/c1-7-26(2)35(31-20-22-43(23-21-31)29(5)30-15-16-30)18-14-28(4)41-37-19-17-32-10-9-13-36(38(32)37)33-11-8-12-34(24-33)42-39(44-6)27(3)25-40/h8-14,18,20,24-25,30,37,40-42H,2,5,7,15-17,19,21-23H2,1,3-4,6H3/b28-14+,35-18+,39-27+,40-25?. The second kappa shape index (κ2) is 14.0. The summed E-state index contributed by atoms with van der Waals surface area (Å²) < 4.78 is 5.49. The van der Waals surface area contributed by atoms with Gasteiger partial charge in [-0.3, -0.25) is 0 Å². The molecule has 0 bridgehead atoms. The fourth-order valence-corrected chi connectivity index (χ4v) is 6.38. The zero-order chi connectivity index (χ0) is 31.2. The Bertz CT molecular complexity index is 1550. The van der Waals surface area contributed by atoms with Gasteiger partial charge in [0.1, 0.15) is 0 Å². The number of aryl methyl sites for hydroxylation is 1. The lowest BCUT2D eigenvalue weighted by molar-refractivity contribution is 0.295. The molecule has 3 aliphatic rings. The van der Waals surface area contributed by atoms with E-state index >= 15 is 0 Å². The van der Waals surface area contributed by atoms with Crippen LogP contribution in [-0.4, -0.2) is 31.3 Å². The highest BCUT2D eigenvalue weighted by Gasteiger charge is 2.29. The van der Waals surface area contributed by atoms with E-state index in [-0.39, 0.29) is 6.04 Å². The Balaban J connectivity index is 1.35. The van der Waals surface area contributed by atoms with Crippen molar-refractivity contribution in [1.82, 2.24) is 10.2 Å². The van der Waals surface area contributed by atoms with Crippen molar-refractivity contribution in [2.75, 3.05) is 25.5 Å². The molecular formula is C39H48N4O. The van der Waals surface area contributed by atoms with Gasteiger partial charge in [0.25, 0.3) is 0 Å². The van der Waals surface area contributed by atoms with Crippen LogP contribution in [0, 0.1) is 11.3 Å². The number of nitrogens with zero attached hydrogens (tertiary/aromatic N) is 1. The van der Waals surface area contributed by atoms with Crippen LogP contribution in [0.25, 0.3) is 11.1 Å². The fraction of sp³-hybridized carbons (Fsp3) is 0.359. The second-order valence-corrected chi connectivity index (χ2v) is 12.3. The van der Waals surface area contributed by atoms with E-state index < -0.39 is 0 Å². The van der Waals surface area contributed by atoms with Gasteiger partial charge in [-0.1, -0.05) is 62.6 Å². The molecule has 2 aromatic carbocycles. The third-order valence-electron chi connectivity index (χ3n) is 9.18. The Morgan fingerprint density at radius 1 is 1.07 bits per heavy atom. The van der Waals surface area contributed by atoms with Crippen molar-refractivity contribution in [2.24, 2.45) is 5.92 Å². The molecule has 44 heavy (non-hydrogen) atoms. The lowest BCUT2D eigenvalue weighted by Crippen LogP contribution is -2.29. The van der Waals surface area contributed by atoms with Gasteiger partial charge >= 0.3 is 0 Å². The minimum atomic E-state index is 0.241. The summed E-state index contributed by atoms with van der Waals surface area (Å²) in [6, 6.07) is 15.3. The average Bonchev–Trinajstić information content (AvgIpc) is 3.83. The van der Waals surface area contributed by atoms with Crippen LogP contribution in [0.2, 0.25) is 0 Å². The van der Waals surface area contributed by atoms with Crippen LogP contribution in [0.3, 0.4) is 0 Å². The Kier molecular flexibility index (Phi) is 9.94. The number of allylic oxidation sites excluding steroid dienone is 7. The smallest absolute Gasteiger partial charge is 0.195 e. The summed E-state index contributed by atoms with van der Waals surface area (Å²) in [7, 11) is 1.62. The zero-order valence-electron chi connectivity index (χ0n) is 26.9. The van der Waals surface area contributed by atoms with E-state index in [1.165, 1.54) is 58.2 Å². The van der Waals surface area contributed by atoms with Gasteiger partial charge < -0.3 is 25.7 Å². The highest BCUT2D eigenvalue weighted by Crippen LogP contribution is 2.40. The van der Waals surface area contributed by atoms with Crippen LogP contribution in [-0.2, 0) is 11.2 Å². The topological polar surface area (TPSA) is 60.4 Å². The molecule has 1 fully saturated rings. The van der Waals surface area contributed by atoms with E-state index in [1.54, 1.807) is 7.11 Å². The van der Waals surface area contributed by atoms with Crippen LogP contribution in [0.5, 0.6) is 0 Å². The first kappa shape index (κ1) is 31.2. The summed E-state index contributed by atoms with van der Waals surface area (Å²) in [5, 5.41) is 14.8. The molecule has 0 spiro atoms. The Morgan fingerprint density at radius 2 is 1.86 bits per heavy atom. The van der Waals surface area contributed by atoms with Crippen LogP contribution < -0.4 is 10.6 Å². The van der Waals surface area contributed by atoms with Crippen LogP contribution in [0.4, 0.5) is 5.69 Å². The van der Waals surface area contributed by atoms with Gasteiger partial charge in [-0.25, -0.2) is 0 Å². The third-order valence-corrected chi connectivity index (χ3v) is 9.18. The predicted molar refractivity (Wildman–Crippen MR) is 186 cm³/mol. The van der Waals surface area contributed by atoms with Gasteiger partial charge in [0.2, 0.25) is 0 Å². The van der Waals surface area contributed by atoms with Crippen molar-refractivity contribution in [3.05, 3.63) is 125 Å². The van der Waals surface area contributed by atoms with Crippen LogP contribution in [0.15, 0.2) is 113 Å². The van der Waals surface area contributed by atoms with Gasteiger partial charge in [-0.2, -0.15) is 0 Å². The number of rotatable bonds is 13. The summed E-state index contributed by atoms with van der Waals surface area (Å²) in [6.07, 6.45) is 14.9. The number of hydrogen-bond donors (Lipinski definition) is 3. The maximum Gasteiger partial charge on any atom is 0.195 e. The van der Waals surface area contributed by atoms with Crippen molar-refractivity contribution in [3.8, 4) is 11.1 Å². The first-order chi connectivity index (χ1) is 21.3. The van der Waals surface area contributed by atoms with Gasteiger partial charge in [-0.15, -0.1) is 0 Å². The monoisotopic (exact) mass is 588 g/mol. The van der Waals surface area contributed by atoms with E-state index in [1.807, 2.05) is 13.0 Å². The highest BCUT2D eigenvalue weighted by molar-refractivity contribution is 5.78. The van der Waals surface area contributed by atoms with E-state index in [9.17, 15) is 0 Å². The molecule has 230 valence electrons. The molecule has 1 atom stereocenters. The molecule has 2 aromatic rings. The SMILES string of the molecule is C=C(CC)/C(=C\C=C(/C)NC1CCc2cccc(-c3cccc(N/C(OC)=C(/C)C=N)c3)c21)C1=CCN(C(=C)C2CC2)CC1. The molecule has 5 heteroatoms. The summed E-state index contributed by atoms with van der Waals surface area (Å²) in [6.45, 7) is 17.0. The summed E-state index contributed by atoms with van der Waals surface area (Å²) >= 11 is 0. The lowest BCUT2D eigenvalue weighted by atomic mass is 9.92. The maximum absolute atomic E-state index is 7.59. The number of benzene rings is 2. The molecular weight excluding hydrogens is 540 g/mol. The number of nitrogens with one attached hydrogen (secondary N) is 3. The lowest BCUT2D eigenvalue weighted by Gasteiger charge is -2.31. The molecule has 1 unspecified atom stereocenters. The number of hydrogen-bond acceptors (Lipinski definition) is 5. The predicted octanol–water partition coefficient (Wildman–Crippen LogP) is 9.22. The Labute approximate surface area is 264 Å². The molecule has 1 saturated carbocycles. The van der Waals surface area contributed by atoms with Gasteiger partial charge in [0.15, 0.2) is 5.88 Å². The number of ether oxygens (including phenoxy) is 1. The Hall–Kier alpha value is -4.25. The van der Waals surface area contributed by atoms with Crippen molar-refractivity contribution >= 4 is 11.9 Å². The molecule has 5 nitrogen and oxygen atoms in total. The van der Waals surface area contributed by atoms with Crippen LogP contribution >= 0.6 is 0 Å². The largest absolute Gasteiger partial charge is 0.482 e. The molecule has 0 radical (unpaired) electrons. The van der Waals surface area contributed by atoms with Gasteiger partial charge in [0.05, 0.1) is 13.2 Å². The summed E-state index contributed by atoms with van der Waals surface area (Å²) in [5.74, 6) is 1.30. The first-order valence-electron chi connectivity index (χ1n) is 16.0. The summed E-state index contributed by atoms with van der Waals surface area (Å²) in [4.78, 5) is 2.46. The number of anilines is 1. The van der Waals surface area contributed by atoms with Crippen molar-refractivity contribution in [3.63, 3.8) is 0 Å². The van der Waals surface area contributed by atoms with E-state index in [0.717, 1.165) is 61.3 Å². The zero-order valence-corrected chi connectivity index (χ0v) is 26.9. The molecule has 2 aliphatic carbocycles.